The highest BCUT2D eigenvalue weighted by Gasteiger charge is 2.27. The van der Waals surface area contributed by atoms with Gasteiger partial charge in [-0.2, -0.15) is 0 Å². The van der Waals surface area contributed by atoms with Crippen LogP contribution in [0.2, 0.25) is 0 Å². The maximum absolute atomic E-state index is 12.1. The summed E-state index contributed by atoms with van der Waals surface area (Å²) < 4.78 is 5.18. The summed E-state index contributed by atoms with van der Waals surface area (Å²) in [4.78, 5) is 14.2. The van der Waals surface area contributed by atoms with E-state index in [2.05, 4.69) is 18.7 Å². The fourth-order valence-electron chi connectivity index (χ4n) is 2.30. The number of carbonyl (C=O) groups is 1. The Morgan fingerprint density at radius 3 is 2.45 bits per heavy atom. The van der Waals surface area contributed by atoms with Crippen molar-refractivity contribution in [1.82, 2.24) is 4.90 Å². The fourth-order valence-corrected chi connectivity index (χ4v) is 2.30. The van der Waals surface area contributed by atoms with Gasteiger partial charge in [0.05, 0.1) is 6.61 Å². The summed E-state index contributed by atoms with van der Waals surface area (Å²) in [7, 11) is 0. The van der Waals surface area contributed by atoms with Crippen LogP contribution in [-0.4, -0.2) is 29.6 Å². The van der Waals surface area contributed by atoms with Crippen molar-refractivity contribution in [2.45, 2.75) is 52.7 Å². The number of rotatable bonds is 7. The minimum absolute atomic E-state index is 0.154. The third-order valence-corrected chi connectivity index (χ3v) is 3.42. The highest BCUT2D eigenvalue weighted by atomic mass is 16.5. The standard InChI is InChI=1S/C16H26N2O2/c1-5-15(16(19)20-6-2)18(12(3)4)11-13-9-7-8-10-14(13)17/h7-10,12,15H,5-6,11,17H2,1-4H3. The van der Waals surface area contributed by atoms with Crippen LogP contribution in [0.1, 0.15) is 39.7 Å². The van der Waals surface area contributed by atoms with Crippen molar-refractivity contribution in [3.8, 4) is 0 Å². The third kappa shape index (κ3) is 4.23. The number of hydrogen-bond donors (Lipinski definition) is 1. The van der Waals surface area contributed by atoms with Crippen LogP contribution in [0.25, 0.3) is 0 Å². The van der Waals surface area contributed by atoms with E-state index in [-0.39, 0.29) is 18.1 Å². The molecular formula is C16H26N2O2. The van der Waals surface area contributed by atoms with E-state index in [1.54, 1.807) is 0 Å². The molecule has 20 heavy (non-hydrogen) atoms. The molecule has 0 spiro atoms. The highest BCUT2D eigenvalue weighted by Crippen LogP contribution is 2.19. The lowest BCUT2D eigenvalue weighted by Crippen LogP contribution is -2.45. The summed E-state index contributed by atoms with van der Waals surface area (Å²) >= 11 is 0. The molecule has 1 unspecified atom stereocenters. The minimum atomic E-state index is -0.227. The van der Waals surface area contributed by atoms with Crippen molar-refractivity contribution in [3.63, 3.8) is 0 Å². The molecule has 0 fully saturated rings. The van der Waals surface area contributed by atoms with Gasteiger partial charge in [-0.3, -0.25) is 9.69 Å². The van der Waals surface area contributed by atoms with Crippen LogP contribution in [0.15, 0.2) is 24.3 Å². The summed E-state index contributed by atoms with van der Waals surface area (Å²) in [5, 5.41) is 0. The zero-order valence-electron chi connectivity index (χ0n) is 12.9. The van der Waals surface area contributed by atoms with Gasteiger partial charge in [0, 0.05) is 18.3 Å². The second-order valence-corrected chi connectivity index (χ2v) is 5.14. The predicted molar refractivity (Wildman–Crippen MR) is 82.2 cm³/mol. The van der Waals surface area contributed by atoms with Crippen LogP contribution >= 0.6 is 0 Å². The fraction of sp³-hybridized carbons (Fsp3) is 0.562. The van der Waals surface area contributed by atoms with Crippen molar-refractivity contribution in [2.75, 3.05) is 12.3 Å². The maximum atomic E-state index is 12.1. The van der Waals surface area contributed by atoms with Crippen LogP contribution < -0.4 is 5.73 Å². The number of hydrogen-bond acceptors (Lipinski definition) is 4. The molecule has 0 aliphatic carbocycles. The van der Waals surface area contributed by atoms with Crippen LogP contribution in [0.5, 0.6) is 0 Å². The van der Waals surface area contributed by atoms with Gasteiger partial charge in [-0.25, -0.2) is 0 Å². The summed E-state index contributed by atoms with van der Waals surface area (Å²) in [6.07, 6.45) is 0.726. The van der Waals surface area contributed by atoms with E-state index in [9.17, 15) is 4.79 Å². The largest absolute Gasteiger partial charge is 0.465 e. The lowest BCUT2D eigenvalue weighted by Gasteiger charge is -2.33. The van der Waals surface area contributed by atoms with E-state index in [0.29, 0.717) is 13.2 Å². The Morgan fingerprint density at radius 2 is 1.95 bits per heavy atom. The molecule has 1 aromatic carbocycles. The number of nitrogens with zero attached hydrogens (tertiary/aromatic N) is 1. The molecule has 2 N–H and O–H groups in total. The SMILES string of the molecule is CCOC(=O)C(CC)N(Cc1ccccc1N)C(C)C. The molecule has 0 aromatic heterocycles. The number of esters is 1. The third-order valence-electron chi connectivity index (χ3n) is 3.42. The van der Waals surface area contributed by atoms with Gasteiger partial charge >= 0.3 is 5.97 Å². The average molecular weight is 278 g/mol. The van der Waals surface area contributed by atoms with Gasteiger partial charge in [-0.15, -0.1) is 0 Å². The molecule has 0 aliphatic heterocycles. The Morgan fingerprint density at radius 1 is 1.30 bits per heavy atom. The average Bonchev–Trinajstić information content (AvgIpc) is 2.40. The first kappa shape index (κ1) is 16.5. The van der Waals surface area contributed by atoms with E-state index in [0.717, 1.165) is 17.7 Å². The van der Waals surface area contributed by atoms with Gasteiger partial charge in [0.1, 0.15) is 6.04 Å². The zero-order valence-corrected chi connectivity index (χ0v) is 12.9. The quantitative estimate of drug-likeness (QED) is 0.615. The molecule has 0 radical (unpaired) electrons. The Balaban J connectivity index is 2.93. The molecule has 1 atom stereocenters. The number of para-hydroxylation sites is 1. The second kappa shape index (κ2) is 7.90. The first-order chi connectivity index (χ1) is 9.51. The number of anilines is 1. The summed E-state index contributed by atoms with van der Waals surface area (Å²) in [5.74, 6) is -0.154. The van der Waals surface area contributed by atoms with Gasteiger partial charge in [-0.05, 0) is 38.8 Å². The van der Waals surface area contributed by atoms with Crippen LogP contribution in [-0.2, 0) is 16.1 Å². The first-order valence-corrected chi connectivity index (χ1v) is 7.26. The van der Waals surface area contributed by atoms with E-state index in [4.69, 9.17) is 10.5 Å². The Kier molecular flexibility index (Phi) is 6.52. The number of nitrogens with two attached hydrogens (primary N) is 1. The number of benzene rings is 1. The molecule has 1 rings (SSSR count). The maximum Gasteiger partial charge on any atom is 0.323 e. The second-order valence-electron chi connectivity index (χ2n) is 5.14. The van der Waals surface area contributed by atoms with Crippen LogP contribution in [0.4, 0.5) is 5.69 Å². The summed E-state index contributed by atoms with van der Waals surface area (Å²) in [5.41, 5.74) is 7.81. The van der Waals surface area contributed by atoms with Gasteiger partial charge in [0.2, 0.25) is 0 Å². The monoisotopic (exact) mass is 278 g/mol. The first-order valence-electron chi connectivity index (χ1n) is 7.26. The van der Waals surface area contributed by atoms with Crippen LogP contribution in [0.3, 0.4) is 0 Å². The van der Waals surface area contributed by atoms with Gasteiger partial charge < -0.3 is 10.5 Å². The summed E-state index contributed by atoms with van der Waals surface area (Å²) in [6.45, 7) is 9.07. The van der Waals surface area contributed by atoms with E-state index < -0.39 is 0 Å². The predicted octanol–water partition coefficient (Wildman–Crippen LogP) is 2.82. The number of ether oxygens (including phenoxy) is 1. The van der Waals surface area contributed by atoms with E-state index in [1.165, 1.54) is 0 Å². The molecule has 0 saturated carbocycles. The van der Waals surface area contributed by atoms with E-state index in [1.807, 2.05) is 38.1 Å². The van der Waals surface area contributed by atoms with Gasteiger partial charge in [0.15, 0.2) is 0 Å². The van der Waals surface area contributed by atoms with Crippen molar-refractivity contribution in [1.29, 1.82) is 0 Å². The van der Waals surface area contributed by atoms with Gasteiger partial charge in [-0.1, -0.05) is 25.1 Å². The summed E-state index contributed by atoms with van der Waals surface area (Å²) in [6, 6.07) is 7.79. The topological polar surface area (TPSA) is 55.6 Å². The van der Waals surface area contributed by atoms with E-state index >= 15 is 0 Å². The molecule has 4 nitrogen and oxygen atoms in total. The van der Waals surface area contributed by atoms with Crippen molar-refractivity contribution >= 4 is 11.7 Å². The Hall–Kier alpha value is -1.55. The van der Waals surface area contributed by atoms with Crippen molar-refractivity contribution < 1.29 is 9.53 Å². The number of carbonyl (C=O) groups excluding carboxylic acids is 1. The molecule has 0 bridgehead atoms. The molecule has 0 saturated heterocycles. The lowest BCUT2D eigenvalue weighted by molar-refractivity contribution is -0.150. The molecule has 112 valence electrons. The lowest BCUT2D eigenvalue weighted by atomic mass is 10.1. The highest BCUT2D eigenvalue weighted by molar-refractivity contribution is 5.75. The molecular weight excluding hydrogens is 252 g/mol. The minimum Gasteiger partial charge on any atom is -0.465 e. The number of nitrogen functional groups attached to an aromatic ring is 1. The smallest absolute Gasteiger partial charge is 0.323 e. The Bertz CT molecular complexity index is 432. The van der Waals surface area contributed by atoms with Crippen molar-refractivity contribution in [2.24, 2.45) is 0 Å². The Labute approximate surface area is 121 Å². The van der Waals surface area contributed by atoms with Gasteiger partial charge in [0.25, 0.3) is 0 Å². The van der Waals surface area contributed by atoms with Crippen LogP contribution in [0, 0.1) is 0 Å². The molecule has 1 aromatic rings. The molecule has 0 amide bonds. The zero-order chi connectivity index (χ0) is 15.1. The molecule has 0 aliphatic rings. The normalized spacial score (nSPS) is 12.7. The van der Waals surface area contributed by atoms with Crippen molar-refractivity contribution in [3.05, 3.63) is 29.8 Å². The molecule has 4 heteroatoms. The molecule has 0 heterocycles.